The van der Waals surface area contributed by atoms with E-state index in [1.807, 2.05) is 37.4 Å². The molecule has 1 N–H and O–H groups in total. The number of rotatable bonds is 6. The summed E-state index contributed by atoms with van der Waals surface area (Å²) in [6, 6.07) is 9.88. The number of nitrogens with zero attached hydrogens (tertiary/aromatic N) is 2. The molecule has 1 aliphatic carbocycles. The van der Waals surface area contributed by atoms with Gasteiger partial charge >= 0.3 is 0 Å². The molecule has 20 heavy (non-hydrogen) atoms. The van der Waals surface area contributed by atoms with Crippen molar-refractivity contribution in [2.45, 2.75) is 25.5 Å². The summed E-state index contributed by atoms with van der Waals surface area (Å²) < 4.78 is 5.52. The van der Waals surface area contributed by atoms with E-state index in [4.69, 9.17) is 4.42 Å². The van der Waals surface area contributed by atoms with Crippen LogP contribution < -0.4 is 0 Å². The fourth-order valence-electron chi connectivity index (χ4n) is 2.38. The van der Waals surface area contributed by atoms with Gasteiger partial charge < -0.3 is 9.52 Å². The summed E-state index contributed by atoms with van der Waals surface area (Å²) in [4.78, 5) is 6.59. The second kappa shape index (κ2) is 5.77. The molecule has 0 bridgehead atoms. The summed E-state index contributed by atoms with van der Waals surface area (Å²) in [7, 11) is 2.00. The molecule has 4 heteroatoms. The maximum atomic E-state index is 9.94. The third kappa shape index (κ3) is 3.26. The van der Waals surface area contributed by atoms with Crippen LogP contribution in [0.1, 0.15) is 18.5 Å². The van der Waals surface area contributed by atoms with E-state index in [0.717, 1.165) is 24.1 Å². The standard InChI is InChI=1S/C16H20N2O2/c1-18(10-15(19)12-7-8-12)9-14-11-20-16(17-14)13-5-3-2-4-6-13/h2-6,11-12,15,19H,7-10H2,1H3. The molecule has 1 fully saturated rings. The zero-order valence-corrected chi connectivity index (χ0v) is 11.7. The average Bonchev–Trinajstić information content (AvgIpc) is 3.21. The Morgan fingerprint density at radius 1 is 1.35 bits per heavy atom. The second-order valence-electron chi connectivity index (χ2n) is 5.61. The Bertz CT molecular complexity index is 549. The van der Waals surface area contributed by atoms with Crippen molar-refractivity contribution in [3.05, 3.63) is 42.3 Å². The molecular weight excluding hydrogens is 252 g/mol. The fourth-order valence-corrected chi connectivity index (χ4v) is 2.38. The van der Waals surface area contributed by atoms with Gasteiger partial charge in [0.2, 0.25) is 5.89 Å². The van der Waals surface area contributed by atoms with Gasteiger partial charge in [-0.1, -0.05) is 18.2 Å². The van der Waals surface area contributed by atoms with Crippen molar-refractivity contribution in [3.8, 4) is 11.5 Å². The van der Waals surface area contributed by atoms with Crippen molar-refractivity contribution < 1.29 is 9.52 Å². The molecule has 0 radical (unpaired) electrons. The monoisotopic (exact) mass is 272 g/mol. The van der Waals surface area contributed by atoms with E-state index in [1.54, 1.807) is 6.26 Å². The fraction of sp³-hybridized carbons (Fsp3) is 0.438. The second-order valence-corrected chi connectivity index (χ2v) is 5.61. The number of aromatic nitrogens is 1. The summed E-state index contributed by atoms with van der Waals surface area (Å²) in [5, 5.41) is 9.94. The molecule has 0 aliphatic heterocycles. The number of likely N-dealkylation sites (N-methyl/N-ethyl adjacent to an activating group) is 1. The summed E-state index contributed by atoms with van der Waals surface area (Å²) >= 11 is 0. The quantitative estimate of drug-likeness (QED) is 0.878. The molecule has 2 aromatic rings. The maximum Gasteiger partial charge on any atom is 0.226 e. The third-order valence-electron chi connectivity index (χ3n) is 3.67. The van der Waals surface area contributed by atoms with Gasteiger partial charge in [-0.15, -0.1) is 0 Å². The molecule has 1 saturated carbocycles. The van der Waals surface area contributed by atoms with E-state index in [-0.39, 0.29) is 6.10 Å². The van der Waals surface area contributed by atoms with Crippen LogP contribution in [-0.2, 0) is 6.54 Å². The minimum absolute atomic E-state index is 0.208. The van der Waals surface area contributed by atoms with Crippen molar-refractivity contribution in [1.29, 1.82) is 0 Å². The molecule has 0 spiro atoms. The predicted octanol–water partition coefficient (Wildman–Crippen LogP) is 2.54. The molecule has 1 atom stereocenters. The lowest BCUT2D eigenvalue weighted by Crippen LogP contribution is -2.30. The maximum absolute atomic E-state index is 9.94. The van der Waals surface area contributed by atoms with Crippen LogP contribution in [0.4, 0.5) is 0 Å². The first-order valence-electron chi connectivity index (χ1n) is 7.09. The summed E-state index contributed by atoms with van der Waals surface area (Å²) in [5.41, 5.74) is 1.88. The first-order chi connectivity index (χ1) is 9.72. The molecule has 1 heterocycles. The van der Waals surface area contributed by atoms with Crippen LogP contribution in [-0.4, -0.2) is 34.7 Å². The zero-order valence-electron chi connectivity index (χ0n) is 11.7. The van der Waals surface area contributed by atoms with Gasteiger partial charge in [-0.05, 0) is 37.9 Å². The van der Waals surface area contributed by atoms with Crippen LogP contribution in [0.25, 0.3) is 11.5 Å². The number of hydrogen-bond acceptors (Lipinski definition) is 4. The van der Waals surface area contributed by atoms with Crippen molar-refractivity contribution in [2.24, 2.45) is 5.92 Å². The Kier molecular flexibility index (Phi) is 3.85. The lowest BCUT2D eigenvalue weighted by molar-refractivity contribution is 0.104. The molecule has 1 aromatic carbocycles. The Hall–Kier alpha value is -1.65. The highest BCUT2D eigenvalue weighted by atomic mass is 16.3. The number of aliphatic hydroxyl groups is 1. The number of aliphatic hydroxyl groups excluding tert-OH is 1. The highest BCUT2D eigenvalue weighted by Gasteiger charge is 2.30. The van der Waals surface area contributed by atoms with Crippen LogP contribution in [0.15, 0.2) is 41.0 Å². The lowest BCUT2D eigenvalue weighted by Gasteiger charge is -2.18. The third-order valence-corrected chi connectivity index (χ3v) is 3.67. The summed E-state index contributed by atoms with van der Waals surface area (Å²) in [5.74, 6) is 1.16. The molecule has 3 rings (SSSR count). The zero-order chi connectivity index (χ0) is 13.9. The molecule has 0 saturated heterocycles. The first kappa shape index (κ1) is 13.3. The van der Waals surface area contributed by atoms with Crippen LogP contribution in [0.3, 0.4) is 0 Å². The number of oxazole rings is 1. The van der Waals surface area contributed by atoms with Crippen LogP contribution in [0.2, 0.25) is 0 Å². The van der Waals surface area contributed by atoms with Gasteiger partial charge in [-0.3, -0.25) is 4.90 Å². The normalized spacial score (nSPS) is 16.6. The van der Waals surface area contributed by atoms with E-state index in [9.17, 15) is 5.11 Å². The van der Waals surface area contributed by atoms with Gasteiger partial charge in [0.15, 0.2) is 0 Å². The van der Waals surface area contributed by atoms with Gasteiger partial charge in [-0.2, -0.15) is 0 Å². The molecule has 4 nitrogen and oxygen atoms in total. The average molecular weight is 272 g/mol. The highest BCUT2D eigenvalue weighted by molar-refractivity contribution is 5.52. The lowest BCUT2D eigenvalue weighted by atomic mass is 10.2. The Balaban J connectivity index is 1.59. The van der Waals surface area contributed by atoms with Crippen LogP contribution >= 0.6 is 0 Å². The van der Waals surface area contributed by atoms with Gasteiger partial charge in [0.05, 0.1) is 11.8 Å². The Morgan fingerprint density at radius 2 is 2.10 bits per heavy atom. The van der Waals surface area contributed by atoms with Gasteiger partial charge in [0.1, 0.15) is 6.26 Å². The summed E-state index contributed by atoms with van der Waals surface area (Å²) in [6.07, 6.45) is 3.82. The van der Waals surface area contributed by atoms with Crippen molar-refractivity contribution in [2.75, 3.05) is 13.6 Å². The van der Waals surface area contributed by atoms with E-state index < -0.39 is 0 Å². The van der Waals surface area contributed by atoms with Crippen molar-refractivity contribution in [1.82, 2.24) is 9.88 Å². The molecule has 106 valence electrons. The van der Waals surface area contributed by atoms with E-state index in [1.165, 1.54) is 0 Å². The van der Waals surface area contributed by atoms with Crippen molar-refractivity contribution >= 4 is 0 Å². The van der Waals surface area contributed by atoms with E-state index >= 15 is 0 Å². The SMILES string of the molecule is CN(Cc1coc(-c2ccccc2)n1)CC(O)C1CC1. The largest absolute Gasteiger partial charge is 0.444 e. The molecule has 1 aromatic heterocycles. The first-order valence-corrected chi connectivity index (χ1v) is 7.09. The predicted molar refractivity (Wildman–Crippen MR) is 77.0 cm³/mol. The highest BCUT2D eigenvalue weighted by Crippen LogP contribution is 2.32. The van der Waals surface area contributed by atoms with Gasteiger partial charge in [0.25, 0.3) is 0 Å². The topological polar surface area (TPSA) is 49.5 Å². The van der Waals surface area contributed by atoms with E-state index in [2.05, 4.69) is 9.88 Å². The smallest absolute Gasteiger partial charge is 0.226 e. The Morgan fingerprint density at radius 3 is 2.80 bits per heavy atom. The Labute approximate surface area is 119 Å². The number of benzene rings is 1. The van der Waals surface area contributed by atoms with Gasteiger partial charge in [-0.25, -0.2) is 4.98 Å². The van der Waals surface area contributed by atoms with Gasteiger partial charge in [0, 0.05) is 18.7 Å². The molecule has 1 unspecified atom stereocenters. The summed E-state index contributed by atoms with van der Waals surface area (Å²) in [6.45, 7) is 1.39. The van der Waals surface area contributed by atoms with Crippen LogP contribution in [0.5, 0.6) is 0 Å². The van der Waals surface area contributed by atoms with Crippen LogP contribution in [0, 0.1) is 5.92 Å². The minimum Gasteiger partial charge on any atom is -0.444 e. The minimum atomic E-state index is -0.208. The number of hydrogen-bond donors (Lipinski definition) is 1. The molecular formula is C16H20N2O2. The molecule has 1 aliphatic rings. The van der Waals surface area contributed by atoms with Crippen molar-refractivity contribution in [3.63, 3.8) is 0 Å². The van der Waals surface area contributed by atoms with E-state index in [0.29, 0.717) is 24.9 Å². The molecule has 0 amide bonds.